The van der Waals surface area contributed by atoms with E-state index in [4.69, 9.17) is 4.74 Å². The molecule has 0 saturated heterocycles. The van der Waals surface area contributed by atoms with Gasteiger partial charge in [0, 0.05) is 53.0 Å². The van der Waals surface area contributed by atoms with Crippen molar-refractivity contribution >= 4 is 34.2 Å². The van der Waals surface area contributed by atoms with Crippen LogP contribution in [0.3, 0.4) is 0 Å². The molecule has 1 aromatic heterocycles. The molecule has 1 N–H and O–H groups in total. The van der Waals surface area contributed by atoms with Gasteiger partial charge in [-0.05, 0) is 93.3 Å². The van der Waals surface area contributed by atoms with E-state index in [1.54, 1.807) is 31.2 Å². The second-order valence-electron chi connectivity index (χ2n) is 10.9. The number of carbonyl (C=O) groups excluding carboxylic acids is 1. The summed E-state index contributed by atoms with van der Waals surface area (Å²) in [6.07, 6.45) is 2.96. The summed E-state index contributed by atoms with van der Waals surface area (Å²) in [5.41, 5.74) is 5.39. The topological polar surface area (TPSA) is 54.7 Å². The third-order valence-corrected chi connectivity index (χ3v) is 9.03. The molecule has 1 aliphatic rings. The van der Waals surface area contributed by atoms with E-state index in [1.165, 1.54) is 36.0 Å². The molecule has 8 heteroatoms. The Morgan fingerprint density at radius 3 is 2.45 bits per heavy atom. The number of esters is 1. The highest BCUT2D eigenvalue weighted by atomic mass is 32.2. The van der Waals surface area contributed by atoms with Gasteiger partial charge in [0.15, 0.2) is 0 Å². The van der Waals surface area contributed by atoms with Crippen LogP contribution in [0, 0.1) is 18.6 Å². The van der Waals surface area contributed by atoms with Gasteiger partial charge in [-0.1, -0.05) is 18.2 Å². The molecule has 0 saturated carbocycles. The van der Waals surface area contributed by atoms with Crippen molar-refractivity contribution < 1.29 is 23.4 Å². The number of rotatable bonds is 9. The number of aromatic hydroxyl groups is 1. The number of carbonyl (C=O) groups is 1. The molecule has 0 unspecified atom stereocenters. The van der Waals surface area contributed by atoms with E-state index in [9.17, 15) is 18.7 Å². The zero-order valence-corrected chi connectivity index (χ0v) is 25.2. The summed E-state index contributed by atoms with van der Waals surface area (Å²) in [6.45, 7) is 10.3. The minimum absolute atomic E-state index is 0.116. The highest BCUT2D eigenvalue weighted by Crippen LogP contribution is 2.39. The first kappa shape index (κ1) is 29.9. The van der Waals surface area contributed by atoms with Crippen LogP contribution in [0.2, 0.25) is 0 Å². The fraction of sp³-hybridized carbons (Fsp3) is 0.324. The van der Waals surface area contributed by atoms with Gasteiger partial charge < -0.3 is 14.4 Å². The van der Waals surface area contributed by atoms with Crippen LogP contribution in [0.25, 0.3) is 16.5 Å². The largest absolute Gasteiger partial charge is 0.507 e. The van der Waals surface area contributed by atoms with Crippen LogP contribution >= 0.6 is 11.8 Å². The SMILES string of the molecule is CCOC(=O)c1c(CSc2ccc(F)cc2C)n(Cc2ccc(F)cc2)c2cc(C3=CCN(C(C)C)CC3)c(O)cc12. The molecule has 0 radical (unpaired) electrons. The fourth-order valence-corrected chi connectivity index (χ4v) is 6.59. The van der Waals surface area contributed by atoms with E-state index in [0.717, 1.165) is 57.9 Å². The van der Waals surface area contributed by atoms with E-state index < -0.39 is 5.97 Å². The molecule has 5 rings (SSSR count). The Hall–Kier alpha value is -3.62. The van der Waals surface area contributed by atoms with Crippen LogP contribution in [0.5, 0.6) is 5.75 Å². The maximum atomic E-state index is 13.8. The predicted octanol–water partition coefficient (Wildman–Crippen LogP) is 7.95. The molecule has 0 bridgehead atoms. The average molecular weight is 591 g/mol. The van der Waals surface area contributed by atoms with Crippen LogP contribution < -0.4 is 0 Å². The van der Waals surface area contributed by atoms with E-state index in [1.807, 2.05) is 13.0 Å². The van der Waals surface area contributed by atoms with E-state index >= 15 is 0 Å². The molecule has 4 aromatic rings. The van der Waals surface area contributed by atoms with E-state index in [0.29, 0.717) is 29.3 Å². The van der Waals surface area contributed by atoms with Crippen molar-refractivity contribution in [1.29, 1.82) is 0 Å². The summed E-state index contributed by atoms with van der Waals surface area (Å²) in [5, 5.41) is 11.9. The smallest absolute Gasteiger partial charge is 0.340 e. The van der Waals surface area contributed by atoms with Crippen molar-refractivity contribution in [3.63, 3.8) is 0 Å². The van der Waals surface area contributed by atoms with Gasteiger partial charge in [-0.15, -0.1) is 11.8 Å². The standard InChI is InChI=1S/C34H36F2N2O3S/c1-5-41-34(40)33-28-18-31(39)27(24-12-14-37(15-13-24)21(2)3)17-29(28)38(19-23-6-8-25(35)9-7-23)30(33)20-42-32-11-10-26(36)16-22(32)4/h6-12,16-18,21,39H,5,13-15,19-20H2,1-4H3. The molecule has 5 nitrogen and oxygen atoms in total. The first-order valence-electron chi connectivity index (χ1n) is 14.3. The number of phenols is 1. The number of fused-ring (bicyclic) bond motifs is 1. The normalized spacial score (nSPS) is 14.0. The van der Waals surface area contributed by atoms with Gasteiger partial charge in [0.05, 0.1) is 17.7 Å². The molecular formula is C34H36F2N2O3S. The lowest BCUT2D eigenvalue weighted by Crippen LogP contribution is -2.34. The molecule has 3 aromatic carbocycles. The zero-order valence-electron chi connectivity index (χ0n) is 24.4. The summed E-state index contributed by atoms with van der Waals surface area (Å²) >= 11 is 1.51. The van der Waals surface area contributed by atoms with Gasteiger partial charge in [0.1, 0.15) is 17.4 Å². The number of thioether (sulfide) groups is 1. The fourth-order valence-electron chi connectivity index (χ4n) is 5.55. The Balaban J connectivity index is 1.67. The van der Waals surface area contributed by atoms with Gasteiger partial charge in [-0.2, -0.15) is 0 Å². The number of ether oxygens (including phenoxy) is 1. The van der Waals surface area contributed by atoms with Crippen LogP contribution in [0.4, 0.5) is 8.78 Å². The summed E-state index contributed by atoms with van der Waals surface area (Å²) < 4.78 is 35.1. The molecule has 0 fully saturated rings. The number of aromatic nitrogens is 1. The third-order valence-electron chi connectivity index (χ3n) is 7.84. The molecule has 42 heavy (non-hydrogen) atoms. The highest BCUT2D eigenvalue weighted by Gasteiger charge is 2.27. The number of nitrogens with zero attached hydrogens (tertiary/aromatic N) is 2. The Bertz CT molecular complexity index is 1640. The molecule has 0 spiro atoms. The van der Waals surface area contributed by atoms with E-state index in [-0.39, 0.29) is 24.0 Å². The lowest BCUT2D eigenvalue weighted by Gasteiger charge is -2.30. The lowest BCUT2D eigenvalue weighted by atomic mass is 9.96. The Morgan fingerprint density at radius 1 is 1.07 bits per heavy atom. The van der Waals surface area contributed by atoms with Crippen molar-refractivity contribution in [2.24, 2.45) is 0 Å². The van der Waals surface area contributed by atoms with Crippen LogP contribution in [0.1, 0.15) is 59.9 Å². The molecular weight excluding hydrogens is 554 g/mol. The molecule has 220 valence electrons. The summed E-state index contributed by atoms with van der Waals surface area (Å²) in [5.74, 6) is -0.574. The van der Waals surface area contributed by atoms with Crippen molar-refractivity contribution in [3.8, 4) is 5.75 Å². The van der Waals surface area contributed by atoms with Gasteiger partial charge in [-0.25, -0.2) is 13.6 Å². The predicted molar refractivity (Wildman–Crippen MR) is 165 cm³/mol. The molecule has 1 aliphatic heterocycles. The molecule has 2 heterocycles. The van der Waals surface area contributed by atoms with Gasteiger partial charge in [0.2, 0.25) is 0 Å². The van der Waals surface area contributed by atoms with Crippen molar-refractivity contribution in [2.45, 2.75) is 57.4 Å². The summed E-state index contributed by atoms with van der Waals surface area (Å²) in [6, 6.07) is 15.0. The lowest BCUT2D eigenvalue weighted by molar-refractivity contribution is 0.0527. The summed E-state index contributed by atoms with van der Waals surface area (Å²) in [7, 11) is 0. The van der Waals surface area contributed by atoms with Gasteiger partial charge >= 0.3 is 5.97 Å². The van der Waals surface area contributed by atoms with Crippen LogP contribution in [-0.4, -0.2) is 46.3 Å². The first-order valence-corrected chi connectivity index (χ1v) is 15.3. The Kier molecular flexibility index (Phi) is 9.04. The number of phenolic OH excluding ortho intramolecular Hbond substituents is 1. The van der Waals surface area contributed by atoms with Crippen LogP contribution in [0.15, 0.2) is 65.6 Å². The second-order valence-corrected chi connectivity index (χ2v) is 11.9. The molecule has 0 amide bonds. The quantitative estimate of drug-likeness (QED) is 0.158. The minimum atomic E-state index is -0.469. The zero-order chi connectivity index (χ0) is 30.0. The minimum Gasteiger partial charge on any atom is -0.507 e. The summed E-state index contributed by atoms with van der Waals surface area (Å²) in [4.78, 5) is 16.7. The van der Waals surface area contributed by atoms with Crippen molar-refractivity contribution in [3.05, 3.63) is 100 Å². The van der Waals surface area contributed by atoms with Crippen molar-refractivity contribution in [2.75, 3.05) is 19.7 Å². The number of benzene rings is 3. The van der Waals surface area contributed by atoms with E-state index in [2.05, 4.69) is 29.4 Å². The maximum absolute atomic E-state index is 13.8. The Labute approximate surface area is 249 Å². The second kappa shape index (κ2) is 12.7. The molecule has 0 aliphatic carbocycles. The van der Waals surface area contributed by atoms with Crippen LogP contribution in [-0.2, 0) is 17.0 Å². The third kappa shape index (κ3) is 6.25. The first-order chi connectivity index (χ1) is 20.2. The number of halogens is 2. The Morgan fingerprint density at radius 2 is 1.81 bits per heavy atom. The van der Waals surface area contributed by atoms with Crippen molar-refractivity contribution in [1.82, 2.24) is 9.47 Å². The van der Waals surface area contributed by atoms with Gasteiger partial charge in [0.25, 0.3) is 0 Å². The number of hydrogen-bond acceptors (Lipinski definition) is 5. The number of hydrogen-bond donors (Lipinski definition) is 1. The average Bonchev–Trinajstić information content (AvgIpc) is 3.25. The maximum Gasteiger partial charge on any atom is 0.340 e. The monoisotopic (exact) mass is 590 g/mol. The molecule has 0 atom stereocenters. The number of aryl methyl sites for hydroxylation is 1. The van der Waals surface area contributed by atoms with Gasteiger partial charge in [-0.3, -0.25) is 4.90 Å². The highest BCUT2D eigenvalue weighted by molar-refractivity contribution is 7.98.